The SMILES string of the molecule is Cn1cnc2ccc(-c3c[nH]c4ncncc34)cc21. The number of benzene rings is 1. The Morgan fingerprint density at radius 3 is 3.11 bits per heavy atom. The molecule has 0 atom stereocenters. The van der Waals surface area contributed by atoms with Crippen molar-refractivity contribution in [2.24, 2.45) is 7.05 Å². The summed E-state index contributed by atoms with van der Waals surface area (Å²) in [4.78, 5) is 15.8. The van der Waals surface area contributed by atoms with Gasteiger partial charge in [-0.15, -0.1) is 0 Å². The predicted octanol–water partition coefficient (Wildman–Crippen LogP) is 2.51. The van der Waals surface area contributed by atoms with Crippen LogP contribution in [0.1, 0.15) is 0 Å². The van der Waals surface area contributed by atoms with E-state index in [1.807, 2.05) is 36.4 Å². The first-order valence-corrected chi connectivity index (χ1v) is 6.01. The molecule has 1 N–H and O–H groups in total. The third-order valence-corrected chi connectivity index (χ3v) is 3.39. The Morgan fingerprint density at radius 2 is 2.16 bits per heavy atom. The third-order valence-electron chi connectivity index (χ3n) is 3.39. The Labute approximate surface area is 109 Å². The highest BCUT2D eigenvalue weighted by Crippen LogP contribution is 2.29. The molecule has 0 fully saturated rings. The van der Waals surface area contributed by atoms with E-state index >= 15 is 0 Å². The van der Waals surface area contributed by atoms with Crippen LogP contribution in [0.4, 0.5) is 0 Å². The summed E-state index contributed by atoms with van der Waals surface area (Å²) in [5.74, 6) is 0. The Balaban J connectivity index is 2.01. The fourth-order valence-electron chi connectivity index (χ4n) is 2.39. The molecule has 0 aliphatic carbocycles. The molecule has 5 nitrogen and oxygen atoms in total. The molecular weight excluding hydrogens is 238 g/mol. The monoisotopic (exact) mass is 249 g/mol. The van der Waals surface area contributed by atoms with Crippen molar-refractivity contribution < 1.29 is 0 Å². The molecule has 0 saturated heterocycles. The van der Waals surface area contributed by atoms with Crippen molar-refractivity contribution in [3.05, 3.63) is 43.2 Å². The van der Waals surface area contributed by atoms with Crippen LogP contribution in [0.2, 0.25) is 0 Å². The lowest BCUT2D eigenvalue weighted by atomic mass is 10.1. The van der Waals surface area contributed by atoms with Crippen LogP contribution < -0.4 is 0 Å². The van der Waals surface area contributed by atoms with Crippen LogP contribution in [0.3, 0.4) is 0 Å². The van der Waals surface area contributed by atoms with Crippen molar-refractivity contribution in [3.63, 3.8) is 0 Å². The summed E-state index contributed by atoms with van der Waals surface area (Å²) in [5, 5.41) is 1.03. The molecule has 5 heteroatoms. The normalized spacial score (nSPS) is 11.4. The number of H-pyrrole nitrogens is 1. The van der Waals surface area contributed by atoms with Gasteiger partial charge in [-0.3, -0.25) is 0 Å². The van der Waals surface area contributed by atoms with Crippen LogP contribution in [0.15, 0.2) is 43.2 Å². The number of aromatic nitrogens is 5. The Morgan fingerprint density at radius 1 is 1.21 bits per heavy atom. The standard InChI is InChI=1S/C14H11N5/c1-19-8-18-12-3-2-9(4-13(12)19)10-6-16-14-11(10)5-15-7-17-14/h2-8H,1H3,(H,15,16,17). The zero-order chi connectivity index (χ0) is 12.8. The minimum atomic E-state index is 0.857. The number of nitrogens with one attached hydrogen (secondary N) is 1. The lowest BCUT2D eigenvalue weighted by Crippen LogP contribution is -1.84. The molecule has 0 amide bonds. The Hall–Kier alpha value is -2.69. The summed E-state index contributed by atoms with van der Waals surface area (Å²) < 4.78 is 2.02. The highest BCUT2D eigenvalue weighted by molar-refractivity contribution is 5.95. The molecular formula is C14H11N5. The van der Waals surface area contributed by atoms with Crippen LogP contribution in [-0.4, -0.2) is 24.5 Å². The van der Waals surface area contributed by atoms with E-state index in [-0.39, 0.29) is 0 Å². The van der Waals surface area contributed by atoms with Gasteiger partial charge in [-0.05, 0) is 17.7 Å². The molecule has 0 unspecified atom stereocenters. The predicted molar refractivity (Wildman–Crippen MR) is 73.6 cm³/mol. The molecule has 3 aromatic heterocycles. The topological polar surface area (TPSA) is 59.4 Å². The van der Waals surface area contributed by atoms with Gasteiger partial charge in [0.25, 0.3) is 0 Å². The highest BCUT2D eigenvalue weighted by Gasteiger charge is 2.08. The number of hydrogen-bond acceptors (Lipinski definition) is 3. The molecule has 0 aliphatic heterocycles. The second-order valence-corrected chi connectivity index (χ2v) is 4.55. The van der Waals surface area contributed by atoms with Gasteiger partial charge in [-0.2, -0.15) is 0 Å². The number of fused-ring (bicyclic) bond motifs is 2. The zero-order valence-electron chi connectivity index (χ0n) is 10.3. The Kier molecular flexibility index (Phi) is 1.97. The van der Waals surface area contributed by atoms with Gasteiger partial charge in [0.1, 0.15) is 12.0 Å². The molecule has 1 aromatic carbocycles. The zero-order valence-corrected chi connectivity index (χ0v) is 10.3. The molecule has 4 aromatic rings. The minimum Gasteiger partial charge on any atom is -0.345 e. The van der Waals surface area contributed by atoms with Gasteiger partial charge >= 0.3 is 0 Å². The summed E-state index contributed by atoms with van der Waals surface area (Å²) in [7, 11) is 2.00. The Bertz CT molecular complexity index is 887. The van der Waals surface area contributed by atoms with Crippen LogP contribution in [0, 0.1) is 0 Å². The fraction of sp³-hybridized carbons (Fsp3) is 0.0714. The second kappa shape index (κ2) is 3.65. The second-order valence-electron chi connectivity index (χ2n) is 4.55. The van der Waals surface area contributed by atoms with E-state index in [4.69, 9.17) is 0 Å². The van der Waals surface area contributed by atoms with Gasteiger partial charge < -0.3 is 9.55 Å². The van der Waals surface area contributed by atoms with Gasteiger partial charge in [0.05, 0.1) is 17.4 Å². The van der Waals surface area contributed by atoms with Crippen LogP contribution in [0.5, 0.6) is 0 Å². The number of imidazole rings is 1. The molecule has 0 bridgehead atoms. The van der Waals surface area contributed by atoms with Crippen LogP contribution in [-0.2, 0) is 7.05 Å². The molecule has 0 saturated carbocycles. The molecule has 0 radical (unpaired) electrons. The molecule has 0 spiro atoms. The van der Waals surface area contributed by atoms with Gasteiger partial charge in [-0.25, -0.2) is 15.0 Å². The van der Waals surface area contributed by atoms with Crippen molar-refractivity contribution in [1.82, 2.24) is 24.5 Å². The largest absolute Gasteiger partial charge is 0.345 e. The van der Waals surface area contributed by atoms with Gasteiger partial charge in [0.15, 0.2) is 0 Å². The first-order chi connectivity index (χ1) is 9.33. The van der Waals surface area contributed by atoms with E-state index in [0.717, 1.165) is 33.2 Å². The van der Waals surface area contributed by atoms with E-state index < -0.39 is 0 Å². The molecule has 4 rings (SSSR count). The molecule has 19 heavy (non-hydrogen) atoms. The van der Waals surface area contributed by atoms with E-state index in [0.29, 0.717) is 0 Å². The summed E-state index contributed by atoms with van der Waals surface area (Å²) in [5.41, 5.74) is 5.22. The van der Waals surface area contributed by atoms with E-state index in [1.165, 1.54) is 0 Å². The van der Waals surface area contributed by atoms with E-state index in [9.17, 15) is 0 Å². The first-order valence-electron chi connectivity index (χ1n) is 6.01. The van der Waals surface area contributed by atoms with E-state index in [1.54, 1.807) is 6.33 Å². The van der Waals surface area contributed by atoms with E-state index in [2.05, 4.69) is 32.1 Å². The van der Waals surface area contributed by atoms with Crippen LogP contribution in [0.25, 0.3) is 33.2 Å². The van der Waals surface area contributed by atoms with Crippen molar-refractivity contribution in [2.75, 3.05) is 0 Å². The third kappa shape index (κ3) is 1.45. The van der Waals surface area contributed by atoms with Gasteiger partial charge in [-0.1, -0.05) is 6.07 Å². The van der Waals surface area contributed by atoms with Crippen molar-refractivity contribution in [1.29, 1.82) is 0 Å². The lowest BCUT2D eigenvalue weighted by Gasteiger charge is -2.01. The fourth-order valence-corrected chi connectivity index (χ4v) is 2.39. The van der Waals surface area contributed by atoms with Crippen LogP contribution >= 0.6 is 0 Å². The minimum absolute atomic E-state index is 0.857. The molecule has 0 aliphatic rings. The number of aromatic amines is 1. The highest BCUT2D eigenvalue weighted by atomic mass is 15.0. The summed E-state index contributed by atoms with van der Waals surface area (Å²) in [6.07, 6.45) is 7.18. The van der Waals surface area contributed by atoms with Crippen molar-refractivity contribution in [2.45, 2.75) is 0 Å². The van der Waals surface area contributed by atoms with Gasteiger partial charge in [0.2, 0.25) is 0 Å². The maximum Gasteiger partial charge on any atom is 0.141 e. The average Bonchev–Trinajstić information content (AvgIpc) is 3.03. The molecule has 92 valence electrons. The summed E-state index contributed by atoms with van der Waals surface area (Å²) in [6, 6.07) is 6.25. The lowest BCUT2D eigenvalue weighted by molar-refractivity contribution is 0.948. The van der Waals surface area contributed by atoms with Crippen molar-refractivity contribution >= 4 is 22.1 Å². The number of hydrogen-bond donors (Lipinski definition) is 1. The quantitative estimate of drug-likeness (QED) is 0.564. The number of nitrogens with zero attached hydrogens (tertiary/aromatic N) is 4. The summed E-state index contributed by atoms with van der Waals surface area (Å²) >= 11 is 0. The summed E-state index contributed by atoms with van der Waals surface area (Å²) in [6.45, 7) is 0. The smallest absolute Gasteiger partial charge is 0.141 e. The molecule has 3 heterocycles. The number of rotatable bonds is 1. The van der Waals surface area contributed by atoms with Gasteiger partial charge in [0, 0.05) is 30.4 Å². The number of aryl methyl sites for hydroxylation is 1. The maximum atomic E-state index is 4.33. The first kappa shape index (κ1) is 10.3. The maximum absolute atomic E-state index is 4.33. The van der Waals surface area contributed by atoms with Crippen molar-refractivity contribution in [3.8, 4) is 11.1 Å². The average molecular weight is 249 g/mol.